The van der Waals surface area contributed by atoms with Crippen LogP contribution >= 0.6 is 23.1 Å². The number of hydrogen-bond donors (Lipinski definition) is 0. The summed E-state index contributed by atoms with van der Waals surface area (Å²) in [6.45, 7) is 0.287. The van der Waals surface area contributed by atoms with E-state index in [0.717, 1.165) is 25.6 Å². The molecule has 0 radical (unpaired) electrons. The number of amides is 1. The highest BCUT2D eigenvalue weighted by atomic mass is 32.2. The van der Waals surface area contributed by atoms with Crippen LogP contribution in [0.25, 0.3) is 21.3 Å². The van der Waals surface area contributed by atoms with E-state index >= 15 is 0 Å². The van der Waals surface area contributed by atoms with Crippen LogP contribution in [0.15, 0.2) is 32.0 Å². The molecule has 0 atom stereocenters. The molecular formula is C15H13N5O2S2. The number of thiazole rings is 1. The van der Waals surface area contributed by atoms with Gasteiger partial charge in [0.05, 0.1) is 23.9 Å². The Kier molecular flexibility index (Phi) is 3.61. The predicted molar refractivity (Wildman–Crippen MR) is 96.1 cm³/mol. The van der Waals surface area contributed by atoms with Gasteiger partial charge in [0.15, 0.2) is 9.99 Å². The summed E-state index contributed by atoms with van der Waals surface area (Å²) >= 11 is 3.15. The molecule has 0 bridgehead atoms. The summed E-state index contributed by atoms with van der Waals surface area (Å²) in [6.07, 6.45) is 7.14. The maximum atomic E-state index is 12.8. The summed E-state index contributed by atoms with van der Waals surface area (Å²) in [5.41, 5.74) is 2.03. The fourth-order valence-electron chi connectivity index (χ4n) is 2.80. The minimum atomic E-state index is -0.199. The molecule has 24 heavy (non-hydrogen) atoms. The number of nitrogens with zero attached hydrogens (tertiary/aromatic N) is 5. The van der Waals surface area contributed by atoms with Crippen LogP contribution in [0.2, 0.25) is 0 Å². The van der Waals surface area contributed by atoms with Gasteiger partial charge in [0.1, 0.15) is 5.52 Å². The topological polar surface area (TPSA) is 82.1 Å². The summed E-state index contributed by atoms with van der Waals surface area (Å²) in [6, 6.07) is 0. The van der Waals surface area contributed by atoms with Crippen molar-refractivity contribution in [1.29, 1.82) is 0 Å². The minimum absolute atomic E-state index is 0.179. The molecule has 0 aromatic carbocycles. The zero-order chi connectivity index (χ0) is 16.8. The highest BCUT2D eigenvalue weighted by Crippen LogP contribution is 2.34. The molecule has 4 rings (SSSR count). The Morgan fingerprint density at radius 1 is 1.38 bits per heavy atom. The van der Waals surface area contributed by atoms with E-state index in [1.165, 1.54) is 10.9 Å². The van der Waals surface area contributed by atoms with E-state index in [1.807, 2.05) is 17.9 Å². The molecule has 7 nitrogen and oxygen atoms in total. The van der Waals surface area contributed by atoms with Crippen molar-refractivity contribution >= 4 is 56.5 Å². The molecule has 0 fully saturated rings. The van der Waals surface area contributed by atoms with E-state index in [4.69, 9.17) is 0 Å². The van der Waals surface area contributed by atoms with Crippen LogP contribution in [0, 0.1) is 0 Å². The van der Waals surface area contributed by atoms with Gasteiger partial charge in [-0.15, -0.1) is 11.3 Å². The van der Waals surface area contributed by atoms with Crippen molar-refractivity contribution in [2.45, 2.75) is 17.3 Å². The fraction of sp³-hybridized carbons (Fsp3) is 0.267. The number of thioether (sulfide) groups is 1. The highest BCUT2D eigenvalue weighted by Gasteiger charge is 2.18. The maximum absolute atomic E-state index is 12.8. The Bertz CT molecular complexity index is 1100. The number of fused-ring (bicyclic) bond motifs is 3. The number of dihydropyridines is 1. The molecule has 0 N–H and O–H groups in total. The first-order valence-corrected chi connectivity index (χ1v) is 9.26. The molecule has 3 aromatic heterocycles. The molecule has 0 saturated carbocycles. The van der Waals surface area contributed by atoms with Crippen LogP contribution in [0.4, 0.5) is 0 Å². The van der Waals surface area contributed by atoms with Gasteiger partial charge in [0.25, 0.3) is 5.56 Å². The lowest BCUT2D eigenvalue weighted by Crippen LogP contribution is -2.25. The van der Waals surface area contributed by atoms with Gasteiger partial charge in [-0.05, 0) is 17.9 Å². The molecule has 0 saturated heterocycles. The average Bonchev–Trinajstić information content (AvgIpc) is 3.10. The van der Waals surface area contributed by atoms with E-state index in [2.05, 4.69) is 15.1 Å². The normalized spacial score (nSPS) is 14.8. The Labute approximate surface area is 144 Å². The number of carbonyl (C=O) groups excluding carboxylic acids is 1. The van der Waals surface area contributed by atoms with E-state index in [0.29, 0.717) is 5.52 Å². The number of aromatic nitrogens is 4. The van der Waals surface area contributed by atoms with Crippen molar-refractivity contribution in [3.63, 3.8) is 0 Å². The van der Waals surface area contributed by atoms with Crippen LogP contribution in [0.1, 0.15) is 6.42 Å². The number of rotatable bonds is 3. The van der Waals surface area contributed by atoms with Gasteiger partial charge < -0.3 is 4.57 Å². The standard InChI is InChI=1S/C15H13N5O2S2/c1-19-11-9(12-13(19)18-15(23-2)24-12)6-17-20(14(11)22)7-8-3-4-16-10(21)5-8/h3-4,6H,5,7H2,1-2H3. The van der Waals surface area contributed by atoms with Crippen molar-refractivity contribution in [3.8, 4) is 0 Å². The summed E-state index contributed by atoms with van der Waals surface area (Å²) in [5, 5.41) is 5.11. The van der Waals surface area contributed by atoms with Gasteiger partial charge in [-0.3, -0.25) is 9.59 Å². The first-order chi connectivity index (χ1) is 11.6. The Hall–Kier alpha value is -2.26. The fourth-order valence-corrected chi connectivity index (χ4v) is 4.40. The molecule has 122 valence electrons. The van der Waals surface area contributed by atoms with Crippen molar-refractivity contribution in [3.05, 3.63) is 28.2 Å². The molecule has 0 unspecified atom stereocenters. The van der Waals surface area contributed by atoms with E-state index in [-0.39, 0.29) is 24.4 Å². The average molecular weight is 359 g/mol. The van der Waals surface area contributed by atoms with Crippen molar-refractivity contribution in [1.82, 2.24) is 19.3 Å². The lowest BCUT2D eigenvalue weighted by atomic mass is 10.1. The monoisotopic (exact) mass is 359 g/mol. The number of hydrogen-bond acceptors (Lipinski definition) is 6. The van der Waals surface area contributed by atoms with E-state index in [9.17, 15) is 9.59 Å². The van der Waals surface area contributed by atoms with Gasteiger partial charge in [-0.25, -0.2) is 14.7 Å². The Balaban J connectivity index is 1.85. The van der Waals surface area contributed by atoms with Gasteiger partial charge >= 0.3 is 0 Å². The van der Waals surface area contributed by atoms with Crippen LogP contribution in [-0.4, -0.2) is 37.7 Å². The maximum Gasteiger partial charge on any atom is 0.291 e. The molecule has 0 spiro atoms. The second-order valence-corrected chi connectivity index (χ2v) is 7.49. The van der Waals surface area contributed by atoms with Gasteiger partial charge in [0, 0.05) is 18.6 Å². The minimum Gasteiger partial charge on any atom is -0.323 e. The van der Waals surface area contributed by atoms with Crippen LogP contribution < -0.4 is 5.56 Å². The van der Waals surface area contributed by atoms with Crippen molar-refractivity contribution in [2.24, 2.45) is 12.0 Å². The summed E-state index contributed by atoms with van der Waals surface area (Å²) in [7, 11) is 1.84. The Morgan fingerprint density at radius 2 is 2.21 bits per heavy atom. The third-order valence-corrected chi connectivity index (χ3v) is 6.00. The van der Waals surface area contributed by atoms with Gasteiger partial charge in [-0.2, -0.15) is 5.10 Å². The highest BCUT2D eigenvalue weighted by molar-refractivity contribution is 8.00. The Morgan fingerprint density at radius 3 is 2.96 bits per heavy atom. The zero-order valence-corrected chi connectivity index (χ0v) is 14.6. The molecule has 1 aliphatic rings. The summed E-state index contributed by atoms with van der Waals surface area (Å²) in [5.74, 6) is -0.199. The summed E-state index contributed by atoms with van der Waals surface area (Å²) < 4.78 is 5.16. The lowest BCUT2D eigenvalue weighted by molar-refractivity contribution is -0.117. The molecule has 4 heterocycles. The SMILES string of the molecule is CSc1nc2c(s1)c1cnn(CC3=CC=NC(=O)C3)c(=O)c1n2C. The first-order valence-electron chi connectivity index (χ1n) is 7.22. The largest absolute Gasteiger partial charge is 0.323 e. The van der Waals surface area contributed by atoms with Crippen LogP contribution in [0.3, 0.4) is 0 Å². The lowest BCUT2D eigenvalue weighted by Gasteiger charge is -2.09. The zero-order valence-electron chi connectivity index (χ0n) is 13.0. The third kappa shape index (κ3) is 2.31. The number of aryl methyl sites for hydroxylation is 1. The number of aliphatic imine (C=N–C) groups is 1. The van der Waals surface area contributed by atoms with Crippen molar-refractivity contribution in [2.75, 3.05) is 6.26 Å². The quantitative estimate of drug-likeness (QED) is 0.668. The second-order valence-electron chi connectivity index (χ2n) is 5.44. The molecule has 1 aliphatic heterocycles. The van der Waals surface area contributed by atoms with Crippen molar-refractivity contribution < 1.29 is 4.79 Å². The van der Waals surface area contributed by atoms with Gasteiger partial charge in [0.2, 0.25) is 5.91 Å². The van der Waals surface area contributed by atoms with Crippen LogP contribution in [-0.2, 0) is 18.4 Å². The first kappa shape index (κ1) is 15.3. The summed E-state index contributed by atoms with van der Waals surface area (Å²) in [4.78, 5) is 32.5. The number of allylic oxidation sites excluding steroid dienone is 1. The molecule has 0 aliphatic carbocycles. The van der Waals surface area contributed by atoms with Crippen LogP contribution in [0.5, 0.6) is 0 Å². The third-order valence-electron chi connectivity index (χ3n) is 3.94. The van der Waals surface area contributed by atoms with E-state index in [1.54, 1.807) is 35.4 Å². The molecule has 3 aromatic rings. The van der Waals surface area contributed by atoms with Gasteiger partial charge in [-0.1, -0.05) is 11.8 Å². The predicted octanol–water partition coefficient (Wildman–Crippen LogP) is 1.99. The number of carbonyl (C=O) groups is 1. The van der Waals surface area contributed by atoms with E-state index < -0.39 is 0 Å². The molecular weight excluding hydrogens is 346 g/mol. The molecule has 9 heteroatoms. The second kappa shape index (κ2) is 5.67. The smallest absolute Gasteiger partial charge is 0.291 e. The molecule has 1 amide bonds.